The van der Waals surface area contributed by atoms with Crippen LogP contribution in [-0.4, -0.2) is 22.9 Å². The predicted octanol–water partition coefficient (Wildman–Crippen LogP) is -0.233. The molecular weight excluding hydrogens is 134 g/mol. The maximum absolute atomic E-state index is 10.7. The molecule has 0 spiro atoms. The summed E-state index contributed by atoms with van der Waals surface area (Å²) < 4.78 is 0. The molecule has 0 rings (SSSR count). The van der Waals surface area contributed by atoms with Crippen LogP contribution >= 0.6 is 0 Å². The van der Waals surface area contributed by atoms with Crippen molar-refractivity contribution in [3.05, 3.63) is 0 Å². The van der Waals surface area contributed by atoms with Crippen molar-refractivity contribution in [3.63, 3.8) is 0 Å². The summed E-state index contributed by atoms with van der Waals surface area (Å²) in [5, 5.41) is 8.15. The van der Waals surface area contributed by atoms with E-state index >= 15 is 0 Å². The van der Waals surface area contributed by atoms with Gasteiger partial charge >= 0.3 is 5.97 Å². The van der Waals surface area contributed by atoms with Crippen LogP contribution in [-0.2, 0) is 9.59 Å². The third kappa shape index (κ3) is 3.19. The molecule has 0 aromatic carbocycles. The molecule has 58 valence electrons. The average Bonchev–Trinajstić information content (AvgIpc) is 1.85. The van der Waals surface area contributed by atoms with Crippen LogP contribution < -0.4 is 5.73 Å². The summed E-state index contributed by atoms with van der Waals surface area (Å²) in [5.74, 6) is -1.52. The summed E-state index contributed by atoms with van der Waals surface area (Å²) in [6, 6.07) is -0.615. The number of nitrogens with two attached hydrogens (primary N) is 1. The predicted molar refractivity (Wildman–Crippen MR) is 35.5 cm³/mol. The highest BCUT2D eigenvalue weighted by atomic mass is 16.4. The van der Waals surface area contributed by atoms with Gasteiger partial charge in [-0.2, -0.15) is 0 Å². The molecule has 10 heavy (non-hydrogen) atoms. The number of hydrogen-bond donors (Lipinski definition) is 2. The lowest BCUT2D eigenvalue weighted by Crippen LogP contribution is -2.30. The summed E-state index contributed by atoms with van der Waals surface area (Å²) in [5.41, 5.74) is 5.25. The molecule has 0 amide bonds. The van der Waals surface area contributed by atoms with Crippen LogP contribution in [0, 0.1) is 0 Å². The normalized spacial score (nSPS) is 12.6. The minimum absolute atomic E-state index is 0.407. The number of hydrogen-bond acceptors (Lipinski definition) is 3. The van der Waals surface area contributed by atoms with Crippen molar-refractivity contribution in [3.8, 4) is 0 Å². The number of aliphatic carboxylic acids is 1. The van der Waals surface area contributed by atoms with E-state index < -0.39 is 24.2 Å². The highest BCUT2D eigenvalue weighted by molar-refractivity contribution is 5.97. The second-order valence-corrected chi connectivity index (χ2v) is 2.05. The Bertz CT molecular complexity index is 144. The summed E-state index contributed by atoms with van der Waals surface area (Å²) in [7, 11) is 0. The zero-order chi connectivity index (χ0) is 8.15. The van der Waals surface area contributed by atoms with Crippen molar-refractivity contribution in [1.82, 2.24) is 0 Å². The number of carboxylic acids is 1. The molecule has 0 bridgehead atoms. The molecule has 0 radical (unpaired) electrons. The van der Waals surface area contributed by atoms with E-state index in [0.717, 1.165) is 0 Å². The molecular formula is C6H11NO3. The van der Waals surface area contributed by atoms with Crippen LogP contribution in [0.15, 0.2) is 0 Å². The zero-order valence-electron chi connectivity index (χ0n) is 5.83. The Labute approximate surface area is 59.0 Å². The standard InChI is InChI=1S/C6H11NO3/c1-2-4(7)5(8)3-6(9)10/h4H,2-3,7H2,1H3,(H,9,10). The quantitative estimate of drug-likeness (QED) is 0.535. The van der Waals surface area contributed by atoms with E-state index in [4.69, 9.17) is 10.8 Å². The minimum Gasteiger partial charge on any atom is -0.481 e. The summed E-state index contributed by atoms with van der Waals surface area (Å²) in [6.07, 6.45) is 0.0289. The van der Waals surface area contributed by atoms with Crippen LogP contribution in [0.25, 0.3) is 0 Å². The van der Waals surface area contributed by atoms with Crippen LogP contribution in [0.4, 0.5) is 0 Å². The topological polar surface area (TPSA) is 80.4 Å². The molecule has 0 fully saturated rings. The Hall–Kier alpha value is -0.900. The first-order valence-electron chi connectivity index (χ1n) is 3.08. The molecule has 0 heterocycles. The summed E-state index contributed by atoms with van der Waals surface area (Å²) in [4.78, 5) is 20.6. The third-order valence-corrected chi connectivity index (χ3v) is 1.18. The van der Waals surface area contributed by atoms with Gasteiger partial charge in [-0.05, 0) is 6.42 Å². The van der Waals surface area contributed by atoms with E-state index in [1.54, 1.807) is 6.92 Å². The van der Waals surface area contributed by atoms with Gasteiger partial charge in [0.25, 0.3) is 0 Å². The van der Waals surface area contributed by atoms with E-state index in [2.05, 4.69) is 0 Å². The van der Waals surface area contributed by atoms with Crippen molar-refractivity contribution in [1.29, 1.82) is 0 Å². The molecule has 0 saturated heterocycles. The summed E-state index contributed by atoms with van der Waals surface area (Å²) in [6.45, 7) is 1.74. The van der Waals surface area contributed by atoms with Gasteiger partial charge in [-0.25, -0.2) is 0 Å². The van der Waals surface area contributed by atoms with Gasteiger partial charge in [-0.15, -0.1) is 0 Å². The Morgan fingerprint density at radius 1 is 1.60 bits per heavy atom. The molecule has 0 aliphatic carbocycles. The molecule has 0 aromatic rings. The molecule has 4 nitrogen and oxygen atoms in total. The number of rotatable bonds is 4. The fraction of sp³-hybridized carbons (Fsp3) is 0.667. The van der Waals surface area contributed by atoms with Crippen LogP contribution in [0.2, 0.25) is 0 Å². The fourth-order valence-corrected chi connectivity index (χ4v) is 0.508. The lowest BCUT2D eigenvalue weighted by Gasteiger charge is -2.03. The van der Waals surface area contributed by atoms with Crippen molar-refractivity contribution in [2.24, 2.45) is 5.73 Å². The number of ketones is 1. The molecule has 1 unspecified atom stereocenters. The van der Waals surface area contributed by atoms with Crippen molar-refractivity contribution < 1.29 is 14.7 Å². The monoisotopic (exact) mass is 145 g/mol. The highest BCUT2D eigenvalue weighted by Gasteiger charge is 2.13. The Morgan fingerprint density at radius 2 is 2.10 bits per heavy atom. The van der Waals surface area contributed by atoms with E-state index in [1.165, 1.54) is 0 Å². The van der Waals surface area contributed by atoms with E-state index in [1.807, 2.05) is 0 Å². The van der Waals surface area contributed by atoms with Crippen LogP contribution in [0.3, 0.4) is 0 Å². The second-order valence-electron chi connectivity index (χ2n) is 2.05. The first-order valence-corrected chi connectivity index (χ1v) is 3.08. The van der Waals surface area contributed by atoms with Gasteiger partial charge in [-0.1, -0.05) is 6.92 Å². The van der Waals surface area contributed by atoms with Crippen molar-refractivity contribution >= 4 is 11.8 Å². The summed E-state index contributed by atoms with van der Waals surface area (Å²) >= 11 is 0. The molecule has 0 saturated carbocycles. The van der Waals surface area contributed by atoms with Gasteiger partial charge in [-0.3, -0.25) is 9.59 Å². The first kappa shape index (κ1) is 9.10. The van der Waals surface area contributed by atoms with Crippen molar-refractivity contribution in [2.75, 3.05) is 0 Å². The van der Waals surface area contributed by atoms with Crippen molar-refractivity contribution in [2.45, 2.75) is 25.8 Å². The number of carbonyl (C=O) groups excluding carboxylic acids is 1. The minimum atomic E-state index is -1.12. The fourth-order valence-electron chi connectivity index (χ4n) is 0.508. The van der Waals surface area contributed by atoms with Gasteiger partial charge in [0.05, 0.1) is 6.04 Å². The molecule has 1 atom stereocenters. The smallest absolute Gasteiger partial charge is 0.310 e. The van der Waals surface area contributed by atoms with Gasteiger partial charge in [0.1, 0.15) is 6.42 Å². The Kier molecular flexibility index (Phi) is 3.64. The zero-order valence-corrected chi connectivity index (χ0v) is 5.83. The average molecular weight is 145 g/mol. The molecule has 0 aliphatic rings. The Balaban J connectivity index is 3.73. The van der Waals surface area contributed by atoms with Gasteiger partial charge in [0.15, 0.2) is 5.78 Å². The van der Waals surface area contributed by atoms with Crippen LogP contribution in [0.5, 0.6) is 0 Å². The number of carbonyl (C=O) groups is 2. The second kappa shape index (κ2) is 4.00. The molecule has 3 N–H and O–H groups in total. The van der Waals surface area contributed by atoms with E-state index in [-0.39, 0.29) is 0 Å². The first-order chi connectivity index (χ1) is 4.57. The number of carboxylic acid groups (broad SMARTS) is 1. The van der Waals surface area contributed by atoms with Crippen LogP contribution in [0.1, 0.15) is 19.8 Å². The Morgan fingerprint density at radius 3 is 2.40 bits per heavy atom. The largest absolute Gasteiger partial charge is 0.481 e. The maximum atomic E-state index is 10.7. The number of Topliss-reactive ketones (excluding diaryl/α,β-unsaturated/α-hetero) is 1. The molecule has 4 heteroatoms. The lowest BCUT2D eigenvalue weighted by atomic mass is 10.1. The maximum Gasteiger partial charge on any atom is 0.310 e. The van der Waals surface area contributed by atoms with E-state index in [0.29, 0.717) is 6.42 Å². The van der Waals surface area contributed by atoms with Gasteiger partial charge in [0, 0.05) is 0 Å². The third-order valence-electron chi connectivity index (χ3n) is 1.18. The lowest BCUT2D eigenvalue weighted by molar-refractivity contribution is -0.140. The SMILES string of the molecule is CCC(N)C(=O)CC(=O)O. The van der Waals surface area contributed by atoms with E-state index in [9.17, 15) is 9.59 Å². The highest BCUT2D eigenvalue weighted by Crippen LogP contribution is 1.92. The van der Waals surface area contributed by atoms with Gasteiger partial charge in [0.2, 0.25) is 0 Å². The molecule has 0 aliphatic heterocycles. The van der Waals surface area contributed by atoms with Gasteiger partial charge < -0.3 is 10.8 Å². The molecule has 0 aromatic heterocycles.